The highest BCUT2D eigenvalue weighted by molar-refractivity contribution is 5.86. The average molecular weight is 432 g/mol. The Labute approximate surface area is 186 Å². The molecule has 7 heteroatoms. The van der Waals surface area contributed by atoms with Gasteiger partial charge < -0.3 is 20.5 Å². The van der Waals surface area contributed by atoms with Gasteiger partial charge in [-0.15, -0.1) is 0 Å². The van der Waals surface area contributed by atoms with Crippen molar-refractivity contribution >= 4 is 18.0 Å². The van der Waals surface area contributed by atoms with Crippen LogP contribution in [0.3, 0.4) is 0 Å². The predicted molar refractivity (Wildman–Crippen MR) is 118 cm³/mol. The van der Waals surface area contributed by atoms with Gasteiger partial charge in [-0.3, -0.25) is 4.79 Å². The van der Waals surface area contributed by atoms with Gasteiger partial charge in [0.25, 0.3) is 0 Å². The molecule has 2 amide bonds. The fourth-order valence-electron chi connectivity index (χ4n) is 4.16. The molecule has 0 aliphatic heterocycles. The Morgan fingerprint density at radius 1 is 1.03 bits per heavy atom. The van der Waals surface area contributed by atoms with Crippen LogP contribution in [0.1, 0.15) is 36.3 Å². The highest BCUT2D eigenvalue weighted by atomic mass is 16.5. The van der Waals surface area contributed by atoms with Crippen LogP contribution >= 0.6 is 0 Å². The van der Waals surface area contributed by atoms with Crippen LogP contribution in [0.5, 0.6) is 0 Å². The van der Waals surface area contributed by atoms with Crippen LogP contribution in [0.25, 0.3) is 11.1 Å². The van der Waals surface area contributed by atoms with Crippen molar-refractivity contribution < 1.29 is 24.2 Å². The molecule has 3 N–H and O–H groups in total. The summed E-state index contributed by atoms with van der Waals surface area (Å²) in [6, 6.07) is 15.9. The van der Waals surface area contributed by atoms with Crippen LogP contribution in [0.4, 0.5) is 4.79 Å². The average Bonchev–Trinajstić information content (AvgIpc) is 3.58. The highest BCUT2D eigenvalue weighted by Gasteiger charge is 2.35. The molecular formula is C25H24N2O5. The summed E-state index contributed by atoms with van der Waals surface area (Å²) in [5.41, 5.74) is 4.61. The maximum atomic E-state index is 12.5. The van der Waals surface area contributed by atoms with Crippen molar-refractivity contribution in [1.29, 1.82) is 0 Å². The molecule has 2 aliphatic rings. The van der Waals surface area contributed by atoms with Crippen LogP contribution < -0.4 is 10.6 Å². The molecule has 0 aromatic heterocycles. The molecule has 2 aromatic rings. The topological polar surface area (TPSA) is 105 Å². The molecule has 2 aromatic carbocycles. The maximum absolute atomic E-state index is 12.5. The molecule has 164 valence electrons. The van der Waals surface area contributed by atoms with Crippen molar-refractivity contribution in [2.75, 3.05) is 13.2 Å². The van der Waals surface area contributed by atoms with Crippen molar-refractivity contribution in [3.05, 3.63) is 59.7 Å². The lowest BCUT2D eigenvalue weighted by Gasteiger charge is -2.19. The van der Waals surface area contributed by atoms with E-state index in [0.717, 1.165) is 35.1 Å². The second kappa shape index (κ2) is 9.56. The predicted octanol–water partition coefficient (Wildman–Crippen LogP) is 2.90. The molecule has 0 spiro atoms. The standard InChI is InChI=1S/C25H24N2O5/c28-23(26-13-5-10-24(29)30)14-22(16-11-12-16)27-25(31)32-15-21-19-8-3-1-6-17(19)18-7-2-4-9-20(18)21/h1-4,6-9,16,21-22H,11-15H2,(H,26,28)(H,27,31)(H,29,30). The smallest absolute Gasteiger partial charge is 0.407 e. The Morgan fingerprint density at radius 3 is 2.25 bits per heavy atom. The zero-order valence-electron chi connectivity index (χ0n) is 17.5. The summed E-state index contributed by atoms with van der Waals surface area (Å²) in [6.07, 6.45) is 1.45. The Kier molecular flexibility index (Phi) is 6.41. The van der Waals surface area contributed by atoms with Crippen molar-refractivity contribution in [3.8, 4) is 23.0 Å². The summed E-state index contributed by atoms with van der Waals surface area (Å²) in [5.74, 6) is 2.97. The number of carbonyl (C=O) groups excluding carboxylic acids is 2. The third kappa shape index (κ3) is 5.09. The fourth-order valence-corrected chi connectivity index (χ4v) is 4.16. The SMILES string of the molecule is O=C(O)C#CCNC(=O)CC(NC(=O)OCC1c2ccccc2-c2ccccc21)C1CC1. The van der Waals surface area contributed by atoms with Gasteiger partial charge in [-0.1, -0.05) is 54.5 Å². The van der Waals surface area contributed by atoms with Crippen molar-refractivity contribution in [3.63, 3.8) is 0 Å². The number of ether oxygens (including phenoxy) is 1. The molecule has 1 fully saturated rings. The summed E-state index contributed by atoms with van der Waals surface area (Å²) >= 11 is 0. The Morgan fingerprint density at radius 2 is 1.66 bits per heavy atom. The van der Waals surface area contributed by atoms with Crippen LogP contribution in [-0.2, 0) is 14.3 Å². The lowest BCUT2D eigenvalue weighted by atomic mass is 9.98. The molecule has 32 heavy (non-hydrogen) atoms. The Bertz CT molecular complexity index is 1050. The van der Waals surface area contributed by atoms with Gasteiger partial charge in [0.15, 0.2) is 0 Å². The minimum atomic E-state index is -1.24. The number of amides is 2. The minimum Gasteiger partial charge on any atom is -0.472 e. The lowest BCUT2D eigenvalue weighted by Crippen LogP contribution is -2.41. The monoisotopic (exact) mass is 432 g/mol. The third-order valence-electron chi connectivity index (χ3n) is 5.81. The van der Waals surface area contributed by atoms with Crippen LogP contribution in [0.15, 0.2) is 48.5 Å². The first kappa shape index (κ1) is 21.4. The van der Waals surface area contributed by atoms with Crippen LogP contribution in [0, 0.1) is 17.8 Å². The largest absolute Gasteiger partial charge is 0.472 e. The van der Waals surface area contributed by atoms with E-state index >= 15 is 0 Å². The van der Waals surface area contributed by atoms with E-state index in [4.69, 9.17) is 9.84 Å². The number of fused-ring (bicyclic) bond motifs is 3. The number of carboxylic acid groups (broad SMARTS) is 1. The highest BCUT2D eigenvalue weighted by Crippen LogP contribution is 2.44. The molecule has 7 nitrogen and oxygen atoms in total. The zero-order valence-corrected chi connectivity index (χ0v) is 17.5. The summed E-state index contributed by atoms with van der Waals surface area (Å²) in [7, 11) is 0. The number of carboxylic acids is 1. The normalized spacial score (nSPS) is 14.9. The first-order valence-electron chi connectivity index (χ1n) is 10.6. The molecule has 1 unspecified atom stereocenters. The molecular weight excluding hydrogens is 408 g/mol. The first-order valence-corrected chi connectivity index (χ1v) is 10.6. The van der Waals surface area contributed by atoms with E-state index in [1.165, 1.54) is 0 Å². The van der Waals surface area contributed by atoms with Crippen molar-refractivity contribution in [2.24, 2.45) is 5.92 Å². The van der Waals surface area contributed by atoms with E-state index in [9.17, 15) is 14.4 Å². The first-order chi connectivity index (χ1) is 15.5. The molecule has 1 saturated carbocycles. The summed E-state index contributed by atoms with van der Waals surface area (Å²) in [6.45, 7) is 0.168. The van der Waals surface area contributed by atoms with Gasteiger partial charge >= 0.3 is 12.1 Å². The third-order valence-corrected chi connectivity index (χ3v) is 5.81. The number of rotatable bonds is 7. The van der Waals surface area contributed by atoms with Crippen molar-refractivity contribution in [2.45, 2.75) is 31.2 Å². The minimum absolute atomic E-state index is 0.0244. The quantitative estimate of drug-likeness (QED) is 0.584. The summed E-state index contributed by atoms with van der Waals surface area (Å²) < 4.78 is 5.59. The number of alkyl carbamates (subject to hydrolysis) is 1. The van der Waals surface area contributed by atoms with Gasteiger partial charge in [0.2, 0.25) is 5.91 Å². The molecule has 0 saturated heterocycles. The number of hydrogen-bond acceptors (Lipinski definition) is 4. The van der Waals surface area contributed by atoms with E-state index in [0.29, 0.717) is 0 Å². The molecule has 0 heterocycles. The lowest BCUT2D eigenvalue weighted by molar-refractivity contribution is -0.130. The Balaban J connectivity index is 1.32. The van der Waals surface area contributed by atoms with Gasteiger partial charge in [0.05, 0.1) is 6.54 Å². The van der Waals surface area contributed by atoms with Gasteiger partial charge in [0, 0.05) is 24.3 Å². The molecule has 2 aliphatic carbocycles. The second-order valence-electron chi connectivity index (χ2n) is 8.00. The van der Waals surface area contributed by atoms with E-state index in [1.54, 1.807) is 0 Å². The molecule has 1 atom stereocenters. The number of hydrogen-bond donors (Lipinski definition) is 3. The molecule has 0 radical (unpaired) electrons. The van der Waals surface area contributed by atoms with Crippen LogP contribution in [-0.4, -0.2) is 42.3 Å². The maximum Gasteiger partial charge on any atom is 0.407 e. The van der Waals surface area contributed by atoms with Crippen molar-refractivity contribution in [1.82, 2.24) is 10.6 Å². The van der Waals surface area contributed by atoms with E-state index < -0.39 is 12.1 Å². The number of carbonyl (C=O) groups is 3. The second-order valence-corrected chi connectivity index (χ2v) is 8.00. The van der Waals surface area contributed by atoms with Gasteiger partial charge in [-0.2, -0.15) is 0 Å². The van der Waals surface area contributed by atoms with E-state index in [1.807, 2.05) is 30.2 Å². The molecule has 0 bridgehead atoms. The van der Waals surface area contributed by atoms with Gasteiger partial charge in [0.1, 0.15) is 6.61 Å². The Hall–Kier alpha value is -3.79. The molecule has 4 rings (SSSR count). The van der Waals surface area contributed by atoms with Gasteiger partial charge in [-0.25, -0.2) is 9.59 Å². The number of nitrogens with one attached hydrogen (secondary N) is 2. The number of aliphatic carboxylic acids is 1. The summed E-state index contributed by atoms with van der Waals surface area (Å²) in [5, 5.41) is 13.9. The van der Waals surface area contributed by atoms with E-state index in [-0.39, 0.29) is 43.4 Å². The summed E-state index contributed by atoms with van der Waals surface area (Å²) in [4.78, 5) is 35.1. The fraction of sp³-hybridized carbons (Fsp3) is 0.320. The number of benzene rings is 2. The van der Waals surface area contributed by atoms with Crippen LogP contribution in [0.2, 0.25) is 0 Å². The van der Waals surface area contributed by atoms with Gasteiger partial charge in [-0.05, 0) is 41.0 Å². The van der Waals surface area contributed by atoms with E-state index in [2.05, 4.69) is 40.8 Å². The zero-order chi connectivity index (χ0) is 22.5.